The minimum absolute atomic E-state index is 0. The number of nitrogens with zero attached hydrogens (tertiary/aromatic N) is 1. The fourth-order valence-electron chi connectivity index (χ4n) is 2.85. The van der Waals surface area contributed by atoms with E-state index in [0.717, 1.165) is 24.3 Å². The summed E-state index contributed by atoms with van der Waals surface area (Å²) in [7, 11) is 0. The average Bonchev–Trinajstić information content (AvgIpc) is 3.16. The van der Waals surface area contributed by atoms with Gasteiger partial charge in [0.15, 0.2) is 0 Å². The molecule has 0 aliphatic heterocycles. The molecule has 0 spiro atoms. The molecule has 1 heterocycles. The zero-order valence-corrected chi connectivity index (χ0v) is 14.8. The number of nitrogens with one attached hydrogen (secondary N) is 1. The van der Waals surface area contributed by atoms with Gasteiger partial charge in [-0.2, -0.15) is 0 Å². The number of hydrogen-bond acceptors (Lipinski definition) is 4. The van der Waals surface area contributed by atoms with Crippen LogP contribution in [0.4, 0.5) is 0 Å². The number of halogens is 1. The summed E-state index contributed by atoms with van der Waals surface area (Å²) in [5, 5.41) is 5.79. The van der Waals surface area contributed by atoms with Gasteiger partial charge < -0.3 is 11.1 Å². The number of thiazole rings is 1. The Morgan fingerprint density at radius 1 is 1.39 bits per heavy atom. The topological polar surface area (TPSA) is 68.0 Å². The van der Waals surface area contributed by atoms with E-state index in [1.165, 1.54) is 22.5 Å². The number of benzene rings is 1. The highest BCUT2D eigenvalue weighted by molar-refractivity contribution is 7.09. The first-order chi connectivity index (χ1) is 10.6. The standard InChI is InChI=1S/C17H21N3OS.ClH/c1-12-4-2-3-5-13(12)17(7-8-17)11-19-16(21)14-10-22-15(20-14)6-9-18;/h2-5,10H,6-9,11,18H2,1H3,(H,19,21);1H. The first kappa shape index (κ1) is 17.9. The molecule has 0 unspecified atom stereocenters. The van der Waals surface area contributed by atoms with E-state index in [2.05, 4.69) is 41.5 Å². The Bertz CT molecular complexity index is 682. The molecule has 3 N–H and O–H groups in total. The van der Waals surface area contributed by atoms with E-state index in [-0.39, 0.29) is 23.7 Å². The van der Waals surface area contributed by atoms with Gasteiger partial charge in [0.25, 0.3) is 5.91 Å². The molecule has 0 bridgehead atoms. The van der Waals surface area contributed by atoms with Gasteiger partial charge in [0, 0.05) is 23.8 Å². The van der Waals surface area contributed by atoms with Crippen molar-refractivity contribution >= 4 is 29.7 Å². The fourth-order valence-corrected chi connectivity index (χ4v) is 3.65. The fraction of sp³-hybridized carbons (Fsp3) is 0.412. The SMILES string of the molecule is Cc1ccccc1C1(CNC(=O)c2csc(CCN)n2)CC1.Cl. The summed E-state index contributed by atoms with van der Waals surface area (Å²) < 4.78 is 0. The summed E-state index contributed by atoms with van der Waals surface area (Å²) in [6.45, 7) is 3.38. The quantitative estimate of drug-likeness (QED) is 0.840. The van der Waals surface area contributed by atoms with Crippen molar-refractivity contribution in [1.82, 2.24) is 10.3 Å². The van der Waals surface area contributed by atoms with Gasteiger partial charge in [-0.05, 0) is 37.4 Å². The molecule has 3 rings (SSSR count). The minimum Gasteiger partial charge on any atom is -0.350 e. The lowest BCUT2D eigenvalue weighted by Gasteiger charge is -2.18. The monoisotopic (exact) mass is 351 g/mol. The second-order valence-corrected chi connectivity index (χ2v) is 6.89. The summed E-state index contributed by atoms with van der Waals surface area (Å²) in [5.74, 6) is -0.0839. The van der Waals surface area contributed by atoms with Gasteiger partial charge >= 0.3 is 0 Å². The highest BCUT2D eigenvalue weighted by Crippen LogP contribution is 2.48. The molecular weight excluding hydrogens is 330 g/mol. The second kappa shape index (κ2) is 7.43. The third kappa shape index (κ3) is 3.91. The minimum atomic E-state index is -0.0839. The number of hydrogen-bond donors (Lipinski definition) is 2. The Balaban J connectivity index is 0.00000192. The summed E-state index contributed by atoms with van der Waals surface area (Å²) in [6.07, 6.45) is 2.99. The molecule has 0 radical (unpaired) electrons. The molecule has 2 aromatic rings. The Labute approximate surface area is 146 Å². The Kier molecular flexibility index (Phi) is 5.79. The summed E-state index contributed by atoms with van der Waals surface area (Å²) in [4.78, 5) is 16.6. The number of aromatic nitrogens is 1. The highest BCUT2D eigenvalue weighted by Gasteiger charge is 2.45. The number of nitrogens with two attached hydrogens (primary N) is 1. The van der Waals surface area contributed by atoms with Gasteiger partial charge in [0.1, 0.15) is 5.69 Å². The maximum Gasteiger partial charge on any atom is 0.270 e. The van der Waals surface area contributed by atoms with E-state index in [1.807, 2.05) is 5.38 Å². The van der Waals surface area contributed by atoms with E-state index in [0.29, 0.717) is 18.8 Å². The Hall–Kier alpha value is -1.43. The number of amides is 1. The second-order valence-electron chi connectivity index (χ2n) is 5.94. The molecule has 6 heteroatoms. The van der Waals surface area contributed by atoms with E-state index in [4.69, 9.17) is 5.73 Å². The van der Waals surface area contributed by atoms with Crippen LogP contribution in [0, 0.1) is 6.92 Å². The molecule has 1 aromatic heterocycles. The lowest BCUT2D eigenvalue weighted by atomic mass is 9.92. The molecule has 1 saturated carbocycles. The third-order valence-corrected chi connectivity index (χ3v) is 5.21. The maximum atomic E-state index is 12.3. The molecule has 1 amide bonds. The van der Waals surface area contributed by atoms with Crippen LogP contribution in [0.5, 0.6) is 0 Å². The van der Waals surface area contributed by atoms with Crippen molar-refractivity contribution < 1.29 is 4.79 Å². The molecule has 4 nitrogen and oxygen atoms in total. The van der Waals surface area contributed by atoms with Crippen molar-refractivity contribution in [2.75, 3.05) is 13.1 Å². The molecule has 23 heavy (non-hydrogen) atoms. The van der Waals surface area contributed by atoms with E-state index >= 15 is 0 Å². The van der Waals surface area contributed by atoms with E-state index in [1.54, 1.807) is 0 Å². The van der Waals surface area contributed by atoms with Gasteiger partial charge in [0.05, 0.1) is 5.01 Å². The maximum absolute atomic E-state index is 12.3. The predicted molar refractivity (Wildman–Crippen MR) is 96.5 cm³/mol. The van der Waals surface area contributed by atoms with Crippen LogP contribution in [0.15, 0.2) is 29.6 Å². The van der Waals surface area contributed by atoms with Crippen molar-refractivity contribution in [2.24, 2.45) is 5.73 Å². The first-order valence-electron chi connectivity index (χ1n) is 7.63. The summed E-state index contributed by atoms with van der Waals surface area (Å²) in [5.41, 5.74) is 8.80. The van der Waals surface area contributed by atoms with Crippen LogP contribution in [0.2, 0.25) is 0 Å². The van der Waals surface area contributed by atoms with E-state index in [9.17, 15) is 4.79 Å². The molecule has 1 aromatic carbocycles. The molecule has 0 saturated heterocycles. The summed E-state index contributed by atoms with van der Waals surface area (Å²) >= 11 is 1.50. The highest BCUT2D eigenvalue weighted by atomic mass is 35.5. The van der Waals surface area contributed by atoms with Crippen molar-refractivity contribution in [3.05, 3.63) is 51.5 Å². The molecule has 1 aliphatic carbocycles. The smallest absolute Gasteiger partial charge is 0.270 e. The van der Waals surface area contributed by atoms with Crippen LogP contribution in [0.1, 0.15) is 39.5 Å². The van der Waals surface area contributed by atoms with Crippen molar-refractivity contribution in [3.63, 3.8) is 0 Å². The van der Waals surface area contributed by atoms with Crippen molar-refractivity contribution in [2.45, 2.75) is 31.6 Å². The average molecular weight is 352 g/mol. The van der Waals surface area contributed by atoms with Crippen LogP contribution in [-0.4, -0.2) is 24.0 Å². The van der Waals surface area contributed by atoms with Crippen LogP contribution < -0.4 is 11.1 Å². The number of carbonyl (C=O) groups excluding carboxylic acids is 1. The lowest BCUT2D eigenvalue weighted by molar-refractivity contribution is 0.0945. The number of carbonyl (C=O) groups is 1. The van der Waals surface area contributed by atoms with Crippen LogP contribution in [0.25, 0.3) is 0 Å². The predicted octanol–water partition coefficient (Wildman–Crippen LogP) is 2.84. The zero-order chi connectivity index (χ0) is 15.6. The zero-order valence-electron chi connectivity index (χ0n) is 13.2. The van der Waals surface area contributed by atoms with Crippen molar-refractivity contribution in [1.29, 1.82) is 0 Å². The molecule has 1 fully saturated rings. The van der Waals surface area contributed by atoms with Gasteiger partial charge in [0.2, 0.25) is 0 Å². The van der Waals surface area contributed by atoms with Gasteiger partial charge in [-0.1, -0.05) is 24.3 Å². The number of aryl methyl sites for hydroxylation is 1. The third-order valence-electron chi connectivity index (χ3n) is 4.30. The van der Waals surface area contributed by atoms with Gasteiger partial charge in [-0.3, -0.25) is 4.79 Å². The van der Waals surface area contributed by atoms with Crippen LogP contribution >= 0.6 is 23.7 Å². The molecule has 124 valence electrons. The Morgan fingerprint density at radius 3 is 2.78 bits per heavy atom. The van der Waals surface area contributed by atoms with Crippen LogP contribution in [-0.2, 0) is 11.8 Å². The number of rotatable bonds is 6. The molecule has 0 atom stereocenters. The normalized spacial score (nSPS) is 14.9. The molecular formula is C17H22ClN3OS. The lowest BCUT2D eigenvalue weighted by Crippen LogP contribution is -2.32. The van der Waals surface area contributed by atoms with Gasteiger partial charge in [-0.25, -0.2) is 4.98 Å². The first-order valence-corrected chi connectivity index (χ1v) is 8.51. The summed E-state index contributed by atoms with van der Waals surface area (Å²) in [6, 6.07) is 8.44. The van der Waals surface area contributed by atoms with Crippen molar-refractivity contribution in [3.8, 4) is 0 Å². The van der Waals surface area contributed by atoms with Gasteiger partial charge in [-0.15, -0.1) is 23.7 Å². The van der Waals surface area contributed by atoms with Crippen LogP contribution in [0.3, 0.4) is 0 Å². The molecule has 1 aliphatic rings. The Morgan fingerprint density at radius 2 is 2.13 bits per heavy atom. The largest absolute Gasteiger partial charge is 0.350 e. The van der Waals surface area contributed by atoms with E-state index < -0.39 is 0 Å².